The quantitative estimate of drug-likeness (QED) is 0.835. The second-order valence-corrected chi connectivity index (χ2v) is 8.27. The number of rotatable bonds is 4. The van der Waals surface area contributed by atoms with Crippen molar-refractivity contribution in [2.75, 3.05) is 18.4 Å². The molecule has 3 nitrogen and oxygen atoms in total. The Hall–Kier alpha value is -1.17. The number of anilines is 1. The van der Waals surface area contributed by atoms with Gasteiger partial charge in [0.1, 0.15) is 0 Å². The standard InChI is InChI=1S/C18H19BrN2OS/c19-13-3-5-14(6-4-13)20-17(22)11-21-9-7-16-15(8-10-23-16)18(21)12-1-2-12/h3-6,8,10,12,18H,1-2,7,9,11H2,(H,20,22)/t18-/m1/s1. The van der Waals surface area contributed by atoms with Crippen LogP contribution in [0, 0.1) is 5.92 Å². The second kappa shape index (κ2) is 6.38. The normalized spacial score (nSPS) is 21.0. The molecule has 1 aromatic carbocycles. The van der Waals surface area contributed by atoms with Gasteiger partial charge in [-0.3, -0.25) is 9.69 Å². The summed E-state index contributed by atoms with van der Waals surface area (Å²) < 4.78 is 1.02. The van der Waals surface area contributed by atoms with Crippen LogP contribution in [0.4, 0.5) is 5.69 Å². The van der Waals surface area contributed by atoms with Crippen molar-refractivity contribution in [3.05, 3.63) is 50.6 Å². The number of hydrogen-bond donors (Lipinski definition) is 1. The Kier molecular flexibility index (Phi) is 4.26. The molecule has 1 aliphatic heterocycles. The molecule has 1 amide bonds. The van der Waals surface area contributed by atoms with Crippen LogP contribution >= 0.6 is 27.3 Å². The molecule has 2 aliphatic rings. The highest BCUT2D eigenvalue weighted by Crippen LogP contribution is 2.48. The van der Waals surface area contributed by atoms with Gasteiger partial charge in [-0.15, -0.1) is 11.3 Å². The average molecular weight is 391 g/mol. The minimum Gasteiger partial charge on any atom is -0.325 e. The van der Waals surface area contributed by atoms with Crippen LogP contribution in [0.15, 0.2) is 40.2 Å². The van der Waals surface area contributed by atoms with Gasteiger partial charge in [-0.1, -0.05) is 15.9 Å². The maximum Gasteiger partial charge on any atom is 0.238 e. The van der Waals surface area contributed by atoms with Gasteiger partial charge in [0.15, 0.2) is 0 Å². The number of carbonyl (C=O) groups is 1. The minimum atomic E-state index is 0.0802. The van der Waals surface area contributed by atoms with E-state index < -0.39 is 0 Å². The first kappa shape index (κ1) is 15.4. The zero-order valence-corrected chi connectivity index (χ0v) is 15.2. The van der Waals surface area contributed by atoms with Crippen LogP contribution in [0.1, 0.15) is 29.3 Å². The van der Waals surface area contributed by atoms with E-state index >= 15 is 0 Å². The van der Waals surface area contributed by atoms with Crippen LogP contribution in [0.2, 0.25) is 0 Å². The predicted molar refractivity (Wildman–Crippen MR) is 97.8 cm³/mol. The van der Waals surface area contributed by atoms with Crippen molar-refractivity contribution < 1.29 is 4.79 Å². The van der Waals surface area contributed by atoms with Crippen molar-refractivity contribution in [2.45, 2.75) is 25.3 Å². The van der Waals surface area contributed by atoms with Crippen molar-refractivity contribution in [3.63, 3.8) is 0 Å². The van der Waals surface area contributed by atoms with Crippen molar-refractivity contribution in [1.82, 2.24) is 4.90 Å². The third kappa shape index (κ3) is 3.37. The molecule has 1 aromatic heterocycles. The predicted octanol–water partition coefficient (Wildman–Crippen LogP) is 4.46. The molecule has 1 saturated carbocycles. The van der Waals surface area contributed by atoms with E-state index in [4.69, 9.17) is 0 Å². The molecule has 23 heavy (non-hydrogen) atoms. The van der Waals surface area contributed by atoms with Crippen molar-refractivity contribution in [1.29, 1.82) is 0 Å². The first-order chi connectivity index (χ1) is 11.2. The van der Waals surface area contributed by atoms with Gasteiger partial charge < -0.3 is 5.32 Å². The Morgan fingerprint density at radius 2 is 2.04 bits per heavy atom. The molecule has 5 heteroatoms. The highest BCUT2D eigenvalue weighted by atomic mass is 79.9. The van der Waals surface area contributed by atoms with Crippen LogP contribution < -0.4 is 5.32 Å². The van der Waals surface area contributed by atoms with Crippen LogP contribution in [-0.4, -0.2) is 23.9 Å². The number of amides is 1. The molecule has 2 aromatic rings. The topological polar surface area (TPSA) is 32.3 Å². The maximum absolute atomic E-state index is 12.4. The van der Waals surface area contributed by atoms with Crippen LogP contribution in [0.5, 0.6) is 0 Å². The molecule has 0 unspecified atom stereocenters. The Labute approximate surface area is 148 Å². The Morgan fingerprint density at radius 3 is 2.78 bits per heavy atom. The zero-order chi connectivity index (χ0) is 15.8. The molecule has 1 N–H and O–H groups in total. The molecule has 0 saturated heterocycles. The maximum atomic E-state index is 12.4. The third-order valence-electron chi connectivity index (χ3n) is 4.66. The van der Waals surface area contributed by atoms with E-state index in [1.165, 1.54) is 23.3 Å². The molecule has 0 bridgehead atoms. The summed E-state index contributed by atoms with van der Waals surface area (Å²) in [5, 5.41) is 5.22. The van der Waals surface area contributed by atoms with Crippen molar-refractivity contribution in [2.24, 2.45) is 5.92 Å². The first-order valence-corrected chi connectivity index (χ1v) is 9.74. The Morgan fingerprint density at radius 1 is 1.26 bits per heavy atom. The van der Waals surface area contributed by atoms with Gasteiger partial charge in [-0.2, -0.15) is 0 Å². The highest BCUT2D eigenvalue weighted by molar-refractivity contribution is 9.10. The van der Waals surface area contributed by atoms with E-state index in [1.807, 2.05) is 35.6 Å². The molecular formula is C18H19BrN2OS. The molecule has 4 rings (SSSR count). The summed E-state index contributed by atoms with van der Waals surface area (Å²) in [6.07, 6.45) is 3.66. The number of carbonyl (C=O) groups excluding carboxylic acids is 1. The number of nitrogens with zero attached hydrogens (tertiary/aromatic N) is 1. The van der Waals surface area contributed by atoms with Crippen molar-refractivity contribution in [3.8, 4) is 0 Å². The summed E-state index contributed by atoms with van der Waals surface area (Å²) >= 11 is 5.28. The lowest BCUT2D eigenvalue weighted by Crippen LogP contribution is -2.41. The van der Waals surface area contributed by atoms with E-state index in [0.29, 0.717) is 12.6 Å². The van der Waals surface area contributed by atoms with Crippen LogP contribution in [0.25, 0.3) is 0 Å². The van der Waals surface area contributed by atoms with Gasteiger partial charge in [-0.25, -0.2) is 0 Å². The largest absolute Gasteiger partial charge is 0.325 e. The molecule has 1 aliphatic carbocycles. The fourth-order valence-corrected chi connectivity index (χ4v) is 4.64. The van der Waals surface area contributed by atoms with E-state index in [9.17, 15) is 4.79 Å². The summed E-state index contributed by atoms with van der Waals surface area (Å²) in [6, 6.07) is 10.5. The average Bonchev–Trinajstić information content (AvgIpc) is 3.26. The summed E-state index contributed by atoms with van der Waals surface area (Å²) in [6.45, 7) is 1.47. The Balaban J connectivity index is 1.45. The number of hydrogen-bond acceptors (Lipinski definition) is 3. The fraction of sp³-hybridized carbons (Fsp3) is 0.389. The molecule has 0 spiro atoms. The summed E-state index contributed by atoms with van der Waals surface area (Å²) in [4.78, 5) is 16.3. The molecule has 0 radical (unpaired) electrons. The number of thiophene rings is 1. The molecule has 1 fully saturated rings. The Bertz CT molecular complexity index is 708. The monoisotopic (exact) mass is 390 g/mol. The van der Waals surface area contributed by atoms with E-state index in [0.717, 1.165) is 29.0 Å². The SMILES string of the molecule is O=C(CN1CCc2sccc2[C@H]1C1CC1)Nc1ccc(Br)cc1. The number of benzene rings is 1. The van der Waals surface area contributed by atoms with Gasteiger partial charge in [0, 0.05) is 27.6 Å². The third-order valence-corrected chi connectivity index (χ3v) is 6.19. The first-order valence-electron chi connectivity index (χ1n) is 8.06. The zero-order valence-electron chi connectivity index (χ0n) is 12.8. The van der Waals surface area contributed by atoms with E-state index in [-0.39, 0.29) is 5.91 Å². The molecule has 2 heterocycles. The highest BCUT2D eigenvalue weighted by Gasteiger charge is 2.40. The van der Waals surface area contributed by atoms with Gasteiger partial charge in [0.25, 0.3) is 0 Å². The fourth-order valence-electron chi connectivity index (χ4n) is 3.46. The van der Waals surface area contributed by atoms with Gasteiger partial charge in [0.2, 0.25) is 5.91 Å². The lowest BCUT2D eigenvalue weighted by atomic mass is 9.96. The van der Waals surface area contributed by atoms with Gasteiger partial charge in [0.05, 0.1) is 6.54 Å². The minimum absolute atomic E-state index is 0.0802. The smallest absolute Gasteiger partial charge is 0.238 e. The van der Waals surface area contributed by atoms with E-state index in [1.54, 1.807) is 0 Å². The van der Waals surface area contributed by atoms with Gasteiger partial charge in [-0.05, 0) is 66.5 Å². The van der Waals surface area contributed by atoms with E-state index in [2.05, 4.69) is 37.6 Å². The number of nitrogens with one attached hydrogen (secondary N) is 1. The summed E-state index contributed by atoms with van der Waals surface area (Å²) in [5.41, 5.74) is 2.33. The lowest BCUT2D eigenvalue weighted by molar-refractivity contribution is -0.118. The molecular weight excluding hydrogens is 372 g/mol. The summed E-state index contributed by atoms with van der Waals surface area (Å²) in [5.74, 6) is 0.820. The molecule has 120 valence electrons. The number of fused-ring (bicyclic) bond motifs is 1. The molecule has 1 atom stereocenters. The van der Waals surface area contributed by atoms with Crippen molar-refractivity contribution >= 4 is 38.9 Å². The lowest BCUT2D eigenvalue weighted by Gasteiger charge is -2.35. The summed E-state index contributed by atoms with van der Waals surface area (Å²) in [7, 11) is 0. The second-order valence-electron chi connectivity index (χ2n) is 6.36. The van der Waals surface area contributed by atoms with Gasteiger partial charge >= 0.3 is 0 Å². The van der Waals surface area contributed by atoms with Crippen LogP contribution in [0.3, 0.4) is 0 Å². The number of halogens is 1. The van der Waals surface area contributed by atoms with Crippen LogP contribution in [-0.2, 0) is 11.2 Å².